The van der Waals surface area contributed by atoms with Crippen LogP contribution >= 0.6 is 22.7 Å². The highest BCUT2D eigenvalue weighted by Gasteiger charge is 2.29. The Kier molecular flexibility index (Phi) is 12.4. The van der Waals surface area contributed by atoms with Crippen LogP contribution in [0.1, 0.15) is 69.7 Å². The molecule has 0 spiro atoms. The Bertz CT molecular complexity index is 1460. The van der Waals surface area contributed by atoms with Gasteiger partial charge in [0.1, 0.15) is 0 Å². The number of carbonyl (C=O) groups is 1. The Morgan fingerprint density at radius 2 is 1.51 bits per heavy atom. The van der Waals surface area contributed by atoms with Crippen molar-refractivity contribution in [3.63, 3.8) is 0 Å². The predicted octanol–water partition coefficient (Wildman–Crippen LogP) is 7.91. The van der Waals surface area contributed by atoms with Gasteiger partial charge in [-0.25, -0.2) is 9.97 Å². The van der Waals surface area contributed by atoms with Gasteiger partial charge in [-0.3, -0.25) is 4.79 Å². The molecule has 2 atom stereocenters. The molecule has 0 radical (unpaired) electrons. The Morgan fingerprint density at radius 3 is 2.09 bits per heavy atom. The van der Waals surface area contributed by atoms with Gasteiger partial charge in [-0.05, 0) is 89.1 Å². The fraction of sp³-hybridized carbons (Fsp3) is 0.417. The number of hydrogen-bond donors (Lipinski definition) is 0. The van der Waals surface area contributed by atoms with Crippen LogP contribution in [0.15, 0.2) is 77.3 Å². The van der Waals surface area contributed by atoms with Crippen molar-refractivity contribution >= 4 is 34.0 Å². The maximum Gasteiger partial charge on any atom is 0.166 e. The molecule has 0 saturated carbocycles. The van der Waals surface area contributed by atoms with Crippen molar-refractivity contribution in [3.8, 4) is 0 Å². The van der Waals surface area contributed by atoms with Crippen LogP contribution in [0.3, 0.4) is 0 Å². The van der Waals surface area contributed by atoms with E-state index in [0.717, 1.165) is 50.8 Å². The Labute approximate surface area is 266 Å². The van der Waals surface area contributed by atoms with Crippen molar-refractivity contribution in [1.29, 1.82) is 0 Å². The quantitative estimate of drug-likeness (QED) is 0.192. The van der Waals surface area contributed by atoms with Gasteiger partial charge < -0.3 is 9.80 Å². The molecule has 2 aliphatic rings. The van der Waals surface area contributed by atoms with Gasteiger partial charge in [-0.1, -0.05) is 68.0 Å². The number of benzene rings is 2. The Hall–Kier alpha value is -2.97. The first kappa shape index (κ1) is 32.9. The fourth-order valence-electron chi connectivity index (χ4n) is 5.74. The lowest BCUT2D eigenvalue weighted by Crippen LogP contribution is -2.19. The number of thiazole rings is 2. The average molecular weight is 615 g/mol. The second kappa shape index (κ2) is 16.2. The largest absolute Gasteiger partial charge is 0.309 e. The number of Topliss-reactive ketones (excluding diaryl/α,β-unsaturated/α-hetero) is 1. The smallest absolute Gasteiger partial charge is 0.166 e. The van der Waals surface area contributed by atoms with Crippen molar-refractivity contribution in [2.24, 2.45) is 5.92 Å². The van der Waals surface area contributed by atoms with E-state index in [-0.39, 0.29) is 5.92 Å². The van der Waals surface area contributed by atoms with Gasteiger partial charge in [0.15, 0.2) is 5.78 Å². The summed E-state index contributed by atoms with van der Waals surface area (Å²) in [6.07, 6.45) is 8.98. The van der Waals surface area contributed by atoms with Crippen molar-refractivity contribution in [2.45, 2.75) is 51.9 Å². The summed E-state index contributed by atoms with van der Waals surface area (Å²) < 4.78 is 0. The first-order chi connectivity index (χ1) is 20.8. The van der Waals surface area contributed by atoms with Crippen molar-refractivity contribution in [3.05, 3.63) is 110 Å². The highest BCUT2D eigenvalue weighted by molar-refractivity contribution is 7.09. The van der Waals surface area contributed by atoms with Gasteiger partial charge in [0.25, 0.3) is 0 Å². The summed E-state index contributed by atoms with van der Waals surface area (Å²) >= 11 is 3.48. The molecule has 2 heterocycles. The second-order valence-electron chi connectivity index (χ2n) is 11.8. The third kappa shape index (κ3) is 9.02. The zero-order chi connectivity index (χ0) is 30.8. The fourth-order valence-corrected chi connectivity index (χ4v) is 7.01. The van der Waals surface area contributed by atoms with Crippen LogP contribution in [0.2, 0.25) is 0 Å². The van der Waals surface area contributed by atoms with Crippen LogP contribution in [0.25, 0.3) is 5.57 Å². The van der Waals surface area contributed by atoms with E-state index in [9.17, 15) is 4.79 Å². The molecular formula is C36H46N4OS2. The van der Waals surface area contributed by atoms with E-state index in [2.05, 4.69) is 83.4 Å². The van der Waals surface area contributed by atoms with Gasteiger partial charge in [-0.2, -0.15) is 0 Å². The van der Waals surface area contributed by atoms with Gasteiger partial charge in [0.05, 0.1) is 10.0 Å². The molecule has 0 fully saturated rings. The standard InChI is InChI=1S/C18H22N2S.C13H17NO.C5H7NS/c1-13(18-19-9-11-21-18)17-15(8-10-20(2)3)12-14-6-4-5-7-16(14)17;1-14(2)8-7-11-9-10-5-3-4-6-12(10)13(11)15;1-2-5-6-3-4-7-5/h4-7,9,11,13H,8,10,12H2,1-3H3;3-6,11H,7-9H2,1-2H3;3-4H,2H2,1H3. The predicted molar refractivity (Wildman–Crippen MR) is 183 cm³/mol. The van der Waals surface area contributed by atoms with Gasteiger partial charge in [-0.15, -0.1) is 22.7 Å². The molecule has 0 aliphatic heterocycles. The van der Waals surface area contributed by atoms with Crippen molar-refractivity contribution < 1.29 is 4.79 Å². The SMILES string of the molecule is CC(C1=C(CCN(C)C)Cc2ccccc21)c1nccs1.CCc1nccs1.CN(C)CCC1Cc2ccccc2C1=O. The number of aryl methyl sites for hydroxylation is 1. The second-order valence-corrected chi connectivity index (χ2v) is 13.7. The number of fused-ring (bicyclic) bond motifs is 2. The van der Waals surface area contributed by atoms with E-state index < -0.39 is 0 Å². The number of nitrogens with zero attached hydrogens (tertiary/aromatic N) is 4. The highest BCUT2D eigenvalue weighted by atomic mass is 32.1. The number of carbonyl (C=O) groups excluding carboxylic acids is 1. The molecule has 0 saturated heterocycles. The lowest BCUT2D eigenvalue weighted by Gasteiger charge is -2.16. The lowest BCUT2D eigenvalue weighted by atomic mass is 9.93. The number of ketones is 1. The maximum absolute atomic E-state index is 12.0. The molecule has 5 nitrogen and oxygen atoms in total. The molecule has 0 amide bonds. The molecule has 6 rings (SSSR count). The Balaban J connectivity index is 0.000000167. The first-order valence-corrected chi connectivity index (χ1v) is 17.0. The van der Waals surface area contributed by atoms with Crippen LogP contribution in [-0.4, -0.2) is 66.8 Å². The summed E-state index contributed by atoms with van der Waals surface area (Å²) in [5.74, 6) is 0.947. The molecule has 2 unspecified atom stereocenters. The van der Waals surface area contributed by atoms with E-state index in [1.54, 1.807) is 28.2 Å². The molecule has 2 aromatic heterocycles. The minimum absolute atomic E-state index is 0.213. The zero-order valence-corrected chi connectivity index (χ0v) is 28.2. The van der Waals surface area contributed by atoms with Crippen LogP contribution in [0.4, 0.5) is 0 Å². The molecular weight excluding hydrogens is 569 g/mol. The maximum atomic E-state index is 12.0. The molecule has 228 valence electrons. The van der Waals surface area contributed by atoms with Crippen molar-refractivity contribution in [2.75, 3.05) is 41.3 Å². The van der Waals surface area contributed by atoms with Crippen molar-refractivity contribution in [1.82, 2.24) is 19.8 Å². The van der Waals surface area contributed by atoms with E-state index in [1.165, 1.54) is 32.3 Å². The minimum atomic E-state index is 0.213. The highest BCUT2D eigenvalue weighted by Crippen LogP contribution is 2.43. The molecule has 43 heavy (non-hydrogen) atoms. The summed E-state index contributed by atoms with van der Waals surface area (Å²) in [6, 6.07) is 16.8. The van der Waals surface area contributed by atoms with E-state index in [1.807, 2.05) is 50.1 Å². The molecule has 0 N–H and O–H groups in total. The van der Waals surface area contributed by atoms with E-state index in [0.29, 0.717) is 11.7 Å². The molecule has 2 aromatic carbocycles. The summed E-state index contributed by atoms with van der Waals surface area (Å²) in [6.45, 7) is 6.51. The summed E-state index contributed by atoms with van der Waals surface area (Å²) in [4.78, 5) is 25.0. The third-order valence-electron chi connectivity index (χ3n) is 8.04. The summed E-state index contributed by atoms with van der Waals surface area (Å²) in [5, 5.41) is 6.52. The topological polar surface area (TPSA) is 49.3 Å². The first-order valence-electron chi connectivity index (χ1n) is 15.3. The van der Waals surface area contributed by atoms with Crippen LogP contribution in [0.5, 0.6) is 0 Å². The molecule has 0 bridgehead atoms. The van der Waals surface area contributed by atoms with Gasteiger partial charge >= 0.3 is 0 Å². The van der Waals surface area contributed by atoms with Gasteiger partial charge in [0.2, 0.25) is 0 Å². The molecule has 7 heteroatoms. The van der Waals surface area contributed by atoms with Crippen LogP contribution in [-0.2, 0) is 19.3 Å². The third-order valence-corrected chi connectivity index (χ3v) is 9.92. The molecule has 2 aliphatic carbocycles. The minimum Gasteiger partial charge on any atom is -0.309 e. The summed E-state index contributed by atoms with van der Waals surface area (Å²) in [7, 11) is 8.39. The number of aromatic nitrogens is 2. The number of hydrogen-bond acceptors (Lipinski definition) is 7. The zero-order valence-electron chi connectivity index (χ0n) is 26.5. The van der Waals surface area contributed by atoms with E-state index >= 15 is 0 Å². The number of allylic oxidation sites excluding steroid dienone is 1. The number of rotatable bonds is 9. The normalized spacial score (nSPS) is 16.0. The Morgan fingerprint density at radius 1 is 0.860 bits per heavy atom. The average Bonchev–Trinajstić information content (AvgIpc) is 3.82. The lowest BCUT2D eigenvalue weighted by molar-refractivity contribution is 0.0925. The van der Waals surface area contributed by atoms with E-state index in [4.69, 9.17) is 0 Å². The van der Waals surface area contributed by atoms with Crippen LogP contribution < -0.4 is 0 Å². The molecule has 4 aromatic rings. The summed E-state index contributed by atoms with van der Waals surface area (Å²) in [5.41, 5.74) is 8.20. The van der Waals surface area contributed by atoms with Crippen LogP contribution in [0, 0.1) is 5.92 Å². The van der Waals surface area contributed by atoms with Gasteiger partial charge in [0, 0.05) is 47.1 Å². The monoisotopic (exact) mass is 614 g/mol.